The summed E-state index contributed by atoms with van der Waals surface area (Å²) >= 11 is 0. The highest BCUT2D eigenvalue weighted by Gasteiger charge is 2.23. The number of primary amides is 1. The molecule has 5 heteroatoms. The van der Waals surface area contributed by atoms with Crippen molar-refractivity contribution in [3.8, 4) is 0 Å². The van der Waals surface area contributed by atoms with Gasteiger partial charge in [-0.3, -0.25) is 5.21 Å². The number of thiophene rings is 1. The second-order valence-electron chi connectivity index (χ2n) is 5.58. The highest BCUT2D eigenvalue weighted by Crippen LogP contribution is 2.43. The average Bonchev–Trinajstić information content (AvgIpc) is 2.79. The Morgan fingerprint density at radius 1 is 1.27 bits per heavy atom. The fraction of sp³-hybridized carbons (Fsp3) is 0.235. The van der Waals surface area contributed by atoms with Gasteiger partial charge in [-0.05, 0) is 42.0 Å². The number of nitrogens with two attached hydrogens (primary N) is 1. The molecule has 0 fully saturated rings. The fourth-order valence-electron chi connectivity index (χ4n) is 2.99. The lowest BCUT2D eigenvalue weighted by molar-refractivity contribution is -0.0709. The zero-order valence-electron chi connectivity index (χ0n) is 12.8. The Morgan fingerprint density at radius 3 is 2.68 bits per heavy atom. The van der Waals surface area contributed by atoms with E-state index < -0.39 is 12.1 Å². The lowest BCUT2D eigenvalue weighted by Crippen LogP contribution is -2.34. The van der Waals surface area contributed by atoms with Crippen LogP contribution in [0.5, 0.6) is 0 Å². The number of urea groups is 1. The highest BCUT2D eigenvalue weighted by molar-refractivity contribution is 7.41. The second kappa shape index (κ2) is 5.26. The Labute approximate surface area is 131 Å². The third-order valence-electron chi connectivity index (χ3n) is 4.22. The first-order chi connectivity index (χ1) is 10.4. The number of amides is 2. The van der Waals surface area contributed by atoms with Gasteiger partial charge in [-0.1, -0.05) is 18.2 Å². The van der Waals surface area contributed by atoms with Gasteiger partial charge in [0.05, 0.1) is 6.04 Å². The van der Waals surface area contributed by atoms with Gasteiger partial charge in [0.15, 0.2) is 9.40 Å². The van der Waals surface area contributed by atoms with E-state index in [4.69, 9.17) is 5.73 Å². The summed E-state index contributed by atoms with van der Waals surface area (Å²) in [5.74, 6) is 0. The number of fused-ring (bicyclic) bond motifs is 3. The molecule has 0 aliphatic carbocycles. The van der Waals surface area contributed by atoms with E-state index in [1.54, 1.807) is 6.92 Å². The molecule has 3 rings (SSSR count). The van der Waals surface area contributed by atoms with E-state index in [-0.39, 0.29) is 10.5 Å². The summed E-state index contributed by atoms with van der Waals surface area (Å²) in [7, 11) is -0.00137. The molecule has 0 saturated carbocycles. The van der Waals surface area contributed by atoms with Crippen molar-refractivity contribution in [2.75, 3.05) is 0 Å². The molecule has 0 bridgehead atoms. The van der Waals surface area contributed by atoms with Crippen LogP contribution in [0.1, 0.15) is 24.1 Å². The summed E-state index contributed by atoms with van der Waals surface area (Å²) in [6.45, 7) is 3.90. The van der Waals surface area contributed by atoms with Crippen molar-refractivity contribution >= 4 is 36.7 Å². The Bertz CT molecular complexity index is 885. The molecule has 22 heavy (non-hydrogen) atoms. The van der Waals surface area contributed by atoms with Crippen molar-refractivity contribution in [1.29, 1.82) is 0 Å². The van der Waals surface area contributed by atoms with Gasteiger partial charge in [-0.25, -0.2) is 4.79 Å². The number of rotatable bonds is 2. The van der Waals surface area contributed by atoms with E-state index in [1.807, 2.05) is 6.07 Å². The minimum Gasteiger partial charge on any atom is -0.350 e. The van der Waals surface area contributed by atoms with E-state index in [9.17, 15) is 10.0 Å². The maximum atomic E-state index is 11.1. The monoisotopic (exact) mass is 315 g/mol. The molecule has 0 spiro atoms. The van der Waals surface area contributed by atoms with Gasteiger partial charge in [0, 0.05) is 22.4 Å². The first-order valence-electron chi connectivity index (χ1n) is 7.09. The molecule has 3 aromatic rings. The molecule has 2 amide bonds. The topological polar surface area (TPSA) is 66.6 Å². The normalized spacial score (nSPS) is 13.5. The highest BCUT2D eigenvalue weighted by atomic mass is 32.2. The molecule has 1 aromatic heterocycles. The molecule has 0 radical (unpaired) electrons. The van der Waals surface area contributed by atoms with E-state index in [0.717, 1.165) is 5.56 Å². The molecule has 114 valence electrons. The van der Waals surface area contributed by atoms with Crippen LogP contribution in [-0.4, -0.2) is 16.3 Å². The van der Waals surface area contributed by atoms with E-state index in [0.29, 0.717) is 5.06 Å². The molecule has 4 nitrogen and oxygen atoms in total. The third-order valence-corrected chi connectivity index (χ3v) is 6.37. The molecule has 0 aliphatic heterocycles. The molecule has 0 saturated heterocycles. The average molecular weight is 315 g/mol. The number of carbonyl (C=O) groups is 1. The van der Waals surface area contributed by atoms with Crippen LogP contribution in [0, 0.1) is 6.92 Å². The predicted octanol–water partition coefficient (Wildman–Crippen LogP) is 4.42. The zero-order valence-corrected chi connectivity index (χ0v) is 13.6. The Hall–Kier alpha value is -2.11. The summed E-state index contributed by atoms with van der Waals surface area (Å²) in [4.78, 5) is 11.1. The first kappa shape index (κ1) is 14.8. The van der Waals surface area contributed by atoms with E-state index in [1.165, 1.54) is 25.7 Å². The van der Waals surface area contributed by atoms with Crippen molar-refractivity contribution in [2.24, 2.45) is 12.0 Å². The van der Waals surface area contributed by atoms with Crippen LogP contribution in [0.3, 0.4) is 0 Å². The SMILES string of the molecule is Cc1cccc2c3ccc(C(C)N(O)C(N)=O)cc3[s+](C)c12. The van der Waals surface area contributed by atoms with Crippen molar-refractivity contribution in [1.82, 2.24) is 5.06 Å². The van der Waals surface area contributed by atoms with Gasteiger partial charge in [-0.15, -0.1) is 0 Å². The van der Waals surface area contributed by atoms with Crippen molar-refractivity contribution < 1.29 is 10.0 Å². The molecule has 2 unspecified atom stereocenters. The van der Waals surface area contributed by atoms with Crippen LogP contribution in [0.25, 0.3) is 20.2 Å². The smallest absolute Gasteiger partial charge is 0.339 e. The maximum Gasteiger partial charge on any atom is 0.339 e. The van der Waals surface area contributed by atoms with Gasteiger partial charge < -0.3 is 5.73 Å². The van der Waals surface area contributed by atoms with E-state index in [2.05, 4.69) is 43.5 Å². The van der Waals surface area contributed by atoms with Crippen LogP contribution < -0.4 is 5.73 Å². The zero-order chi connectivity index (χ0) is 16.0. The molecular formula is C17H19N2O2S+. The number of aryl methyl sites for hydroxylation is 2. The Balaban J connectivity index is 2.23. The molecule has 2 aromatic carbocycles. The first-order valence-corrected chi connectivity index (χ1v) is 8.72. The van der Waals surface area contributed by atoms with Gasteiger partial charge in [0.25, 0.3) is 0 Å². The lowest BCUT2D eigenvalue weighted by atomic mass is 10.0. The van der Waals surface area contributed by atoms with Crippen LogP contribution in [0.4, 0.5) is 4.79 Å². The van der Waals surface area contributed by atoms with Crippen molar-refractivity contribution in [3.05, 3.63) is 47.5 Å². The number of hydroxylamine groups is 2. The second-order valence-corrected chi connectivity index (χ2v) is 7.44. The van der Waals surface area contributed by atoms with Crippen LogP contribution in [0.15, 0.2) is 36.4 Å². The third kappa shape index (κ3) is 2.14. The van der Waals surface area contributed by atoms with Gasteiger partial charge in [-0.2, -0.15) is 5.06 Å². The fourth-order valence-corrected chi connectivity index (χ4v) is 5.09. The molecular weight excluding hydrogens is 296 g/mol. The van der Waals surface area contributed by atoms with E-state index >= 15 is 0 Å². The van der Waals surface area contributed by atoms with Crippen LogP contribution in [0.2, 0.25) is 0 Å². The minimum atomic E-state index is -0.845. The summed E-state index contributed by atoms with van der Waals surface area (Å²) in [6, 6.07) is 11.2. The minimum absolute atomic E-state index is 0.00137. The lowest BCUT2D eigenvalue weighted by Gasteiger charge is -2.20. The maximum absolute atomic E-state index is 11.1. The number of nitrogens with zero attached hydrogens (tertiary/aromatic N) is 1. The molecule has 0 aliphatic rings. The van der Waals surface area contributed by atoms with Crippen LogP contribution in [-0.2, 0) is 6.26 Å². The Morgan fingerprint density at radius 2 is 2.00 bits per heavy atom. The summed E-state index contributed by atoms with van der Waals surface area (Å²) in [6.07, 6.45) is 2.22. The standard InChI is InChI=1S/C17H18N2O2S/c1-10-5-4-6-14-13-8-7-12(11(2)19(21)17(18)20)9-15(13)22(3)16(10)14/h4-9,11,21H,1-3H3,(H-,18,20)/p+1. The number of hydrogen-bond donors (Lipinski definition) is 2. The van der Waals surface area contributed by atoms with Gasteiger partial charge >= 0.3 is 6.03 Å². The number of hydrogen-bond acceptors (Lipinski definition) is 2. The summed E-state index contributed by atoms with van der Waals surface area (Å²) in [5.41, 5.74) is 7.32. The Kier molecular flexibility index (Phi) is 3.54. The van der Waals surface area contributed by atoms with Crippen molar-refractivity contribution in [2.45, 2.75) is 19.9 Å². The van der Waals surface area contributed by atoms with Crippen molar-refractivity contribution in [3.63, 3.8) is 0 Å². The quantitative estimate of drug-likeness (QED) is 0.417. The largest absolute Gasteiger partial charge is 0.350 e. The molecule has 1 heterocycles. The number of benzene rings is 2. The van der Waals surface area contributed by atoms with Gasteiger partial charge in [0.2, 0.25) is 0 Å². The molecule has 3 N–H and O–H groups in total. The predicted molar refractivity (Wildman–Crippen MR) is 91.3 cm³/mol. The summed E-state index contributed by atoms with van der Waals surface area (Å²) < 4.78 is 2.64. The number of carbonyl (C=O) groups excluding carboxylic acids is 1. The van der Waals surface area contributed by atoms with Crippen LogP contribution >= 0.6 is 10.5 Å². The van der Waals surface area contributed by atoms with Gasteiger partial charge in [0.1, 0.15) is 6.26 Å². The summed E-state index contributed by atoms with van der Waals surface area (Å²) in [5, 5.41) is 12.8. The molecule has 2 atom stereocenters.